The highest BCUT2D eigenvalue weighted by Crippen LogP contribution is 2.24. The number of benzene rings is 1. The normalized spacial score (nSPS) is 15.5. The van der Waals surface area contributed by atoms with E-state index in [0.717, 1.165) is 18.4 Å². The Morgan fingerprint density at radius 3 is 2.74 bits per heavy atom. The van der Waals surface area contributed by atoms with Crippen molar-refractivity contribution < 1.29 is 14.6 Å². The Hall–Kier alpha value is -2.40. The van der Waals surface area contributed by atoms with Crippen molar-refractivity contribution in [2.45, 2.75) is 31.4 Å². The number of aromatic nitrogens is 1. The lowest BCUT2D eigenvalue weighted by atomic mass is 9.96. The Labute approximate surface area is 135 Å². The van der Waals surface area contributed by atoms with Gasteiger partial charge in [-0.3, -0.25) is 4.79 Å². The van der Waals surface area contributed by atoms with Crippen LogP contribution in [0.15, 0.2) is 48.7 Å². The van der Waals surface area contributed by atoms with Gasteiger partial charge in [0.15, 0.2) is 0 Å². The molecule has 0 spiro atoms. The molecule has 1 aliphatic carbocycles. The molecule has 2 N–H and O–H groups in total. The lowest BCUT2D eigenvalue weighted by Crippen LogP contribution is -2.31. The van der Waals surface area contributed by atoms with Gasteiger partial charge in [0.05, 0.1) is 12.6 Å². The van der Waals surface area contributed by atoms with Crippen LogP contribution in [-0.2, 0) is 0 Å². The maximum atomic E-state index is 12.4. The highest BCUT2D eigenvalue weighted by molar-refractivity contribution is 5.94. The fourth-order valence-corrected chi connectivity index (χ4v) is 2.44. The van der Waals surface area contributed by atoms with Crippen molar-refractivity contribution in [1.29, 1.82) is 0 Å². The molecule has 120 valence electrons. The van der Waals surface area contributed by atoms with Crippen LogP contribution in [-0.4, -0.2) is 28.7 Å². The summed E-state index contributed by atoms with van der Waals surface area (Å²) < 4.78 is 5.72. The van der Waals surface area contributed by atoms with Crippen molar-refractivity contribution in [3.05, 3.63) is 59.8 Å². The third-order valence-corrected chi connectivity index (χ3v) is 4.03. The Kier molecular flexibility index (Phi) is 4.88. The maximum absolute atomic E-state index is 12.4. The van der Waals surface area contributed by atoms with Gasteiger partial charge in [-0.2, -0.15) is 0 Å². The third-order valence-electron chi connectivity index (χ3n) is 4.03. The fourth-order valence-electron chi connectivity index (χ4n) is 2.44. The maximum Gasteiger partial charge on any atom is 0.252 e. The van der Waals surface area contributed by atoms with Crippen LogP contribution in [0.25, 0.3) is 0 Å². The third kappa shape index (κ3) is 3.87. The molecule has 1 aromatic heterocycles. The summed E-state index contributed by atoms with van der Waals surface area (Å²) in [5.74, 6) is 0.219. The van der Waals surface area contributed by atoms with Crippen LogP contribution < -0.4 is 10.1 Å². The van der Waals surface area contributed by atoms with E-state index in [2.05, 4.69) is 10.3 Å². The van der Waals surface area contributed by atoms with Crippen molar-refractivity contribution in [1.82, 2.24) is 10.3 Å². The molecule has 0 bridgehead atoms. The molecule has 1 aliphatic rings. The topological polar surface area (TPSA) is 71.5 Å². The molecule has 0 aliphatic heterocycles. The summed E-state index contributed by atoms with van der Waals surface area (Å²) in [4.78, 5) is 16.6. The number of nitrogens with zero attached hydrogens (tertiary/aromatic N) is 1. The number of hydrogen-bond donors (Lipinski definition) is 2. The molecule has 0 saturated heterocycles. The van der Waals surface area contributed by atoms with Crippen LogP contribution in [0.5, 0.6) is 5.88 Å². The number of aliphatic hydroxyl groups is 1. The van der Waals surface area contributed by atoms with E-state index in [1.807, 2.05) is 30.3 Å². The molecule has 1 amide bonds. The minimum atomic E-state index is -0.437. The first-order valence-corrected chi connectivity index (χ1v) is 7.85. The number of amides is 1. The first kappa shape index (κ1) is 15.5. The second-order valence-corrected chi connectivity index (χ2v) is 5.67. The second-order valence-electron chi connectivity index (χ2n) is 5.67. The molecular formula is C18H20N2O3. The van der Waals surface area contributed by atoms with Crippen molar-refractivity contribution in [2.75, 3.05) is 6.61 Å². The Balaban J connectivity index is 1.68. The van der Waals surface area contributed by atoms with Crippen LogP contribution in [0.1, 0.15) is 41.2 Å². The number of hydrogen-bond acceptors (Lipinski definition) is 4. The molecule has 5 nitrogen and oxygen atoms in total. The highest BCUT2D eigenvalue weighted by Gasteiger charge is 2.20. The summed E-state index contributed by atoms with van der Waals surface area (Å²) in [6.07, 6.45) is 5.05. The molecule has 23 heavy (non-hydrogen) atoms. The van der Waals surface area contributed by atoms with Crippen LogP contribution in [0.2, 0.25) is 0 Å². The number of rotatable bonds is 6. The second kappa shape index (κ2) is 7.24. The quantitative estimate of drug-likeness (QED) is 0.859. The predicted molar refractivity (Wildman–Crippen MR) is 86.2 cm³/mol. The number of carbonyl (C=O) groups is 1. The summed E-state index contributed by atoms with van der Waals surface area (Å²) in [6.45, 7) is -0.160. The lowest BCUT2D eigenvalue weighted by molar-refractivity contribution is 0.0912. The zero-order valence-electron chi connectivity index (χ0n) is 12.8. The number of aliphatic hydroxyl groups excluding tert-OH is 1. The molecule has 1 heterocycles. The van der Waals surface area contributed by atoms with Crippen molar-refractivity contribution in [3.8, 4) is 5.88 Å². The molecule has 3 rings (SSSR count). The van der Waals surface area contributed by atoms with E-state index in [-0.39, 0.29) is 18.6 Å². The van der Waals surface area contributed by atoms with Gasteiger partial charge < -0.3 is 15.2 Å². The van der Waals surface area contributed by atoms with Gasteiger partial charge in [0.25, 0.3) is 5.91 Å². The largest absolute Gasteiger partial charge is 0.474 e. The van der Waals surface area contributed by atoms with Gasteiger partial charge in [0.2, 0.25) is 5.88 Å². The molecule has 1 saturated carbocycles. The van der Waals surface area contributed by atoms with Gasteiger partial charge in [-0.15, -0.1) is 0 Å². The lowest BCUT2D eigenvalue weighted by Gasteiger charge is -2.25. The smallest absolute Gasteiger partial charge is 0.252 e. The van der Waals surface area contributed by atoms with Gasteiger partial charge in [-0.05, 0) is 30.9 Å². The van der Waals surface area contributed by atoms with Crippen LogP contribution in [0.3, 0.4) is 0 Å². The van der Waals surface area contributed by atoms with Gasteiger partial charge >= 0.3 is 0 Å². The van der Waals surface area contributed by atoms with Gasteiger partial charge in [-0.1, -0.05) is 30.3 Å². The summed E-state index contributed by atoms with van der Waals surface area (Å²) in [7, 11) is 0. The van der Waals surface area contributed by atoms with E-state index in [9.17, 15) is 9.90 Å². The first-order valence-electron chi connectivity index (χ1n) is 7.85. The molecule has 1 aromatic carbocycles. The van der Waals surface area contributed by atoms with E-state index in [1.165, 1.54) is 6.42 Å². The van der Waals surface area contributed by atoms with Crippen molar-refractivity contribution >= 4 is 5.91 Å². The summed E-state index contributed by atoms with van der Waals surface area (Å²) in [5, 5.41) is 12.4. The zero-order valence-corrected chi connectivity index (χ0v) is 12.8. The number of ether oxygens (including phenoxy) is 1. The number of nitrogens with one attached hydrogen (secondary N) is 1. The van der Waals surface area contributed by atoms with Crippen molar-refractivity contribution in [3.63, 3.8) is 0 Å². The number of carbonyl (C=O) groups excluding carboxylic acids is 1. The van der Waals surface area contributed by atoms with Crippen LogP contribution >= 0.6 is 0 Å². The average molecular weight is 312 g/mol. The predicted octanol–water partition coefficient (Wildman–Crippen LogP) is 2.48. The van der Waals surface area contributed by atoms with Crippen molar-refractivity contribution in [2.24, 2.45) is 0 Å². The standard InChI is InChI=1S/C18H20N2O3/c21-12-16(13-5-2-1-3-6-13)20-18(22)14-9-10-19-17(11-14)23-15-7-4-8-15/h1-3,5-6,9-11,15-16,21H,4,7-8,12H2,(H,20,22)/t16-/m0/s1. The molecule has 2 aromatic rings. The van der Waals surface area contributed by atoms with Gasteiger partial charge in [0, 0.05) is 17.8 Å². The van der Waals surface area contributed by atoms with Gasteiger partial charge in [-0.25, -0.2) is 4.98 Å². The highest BCUT2D eigenvalue weighted by atomic mass is 16.5. The summed E-state index contributed by atoms with van der Waals surface area (Å²) >= 11 is 0. The first-order chi connectivity index (χ1) is 11.3. The monoisotopic (exact) mass is 312 g/mol. The summed E-state index contributed by atoms with van der Waals surface area (Å²) in [5.41, 5.74) is 1.34. The Morgan fingerprint density at radius 1 is 1.30 bits per heavy atom. The van der Waals surface area contributed by atoms with E-state index in [0.29, 0.717) is 11.4 Å². The minimum absolute atomic E-state index is 0.160. The van der Waals surface area contributed by atoms with E-state index < -0.39 is 6.04 Å². The summed E-state index contributed by atoms with van der Waals surface area (Å²) in [6, 6.07) is 12.2. The van der Waals surface area contributed by atoms with Gasteiger partial charge in [0.1, 0.15) is 6.10 Å². The fraction of sp³-hybridized carbons (Fsp3) is 0.333. The van der Waals surface area contributed by atoms with E-state index in [1.54, 1.807) is 18.3 Å². The molecule has 5 heteroatoms. The van der Waals surface area contributed by atoms with Crippen LogP contribution in [0.4, 0.5) is 0 Å². The number of pyridine rings is 1. The Morgan fingerprint density at radius 2 is 2.09 bits per heavy atom. The van der Waals surface area contributed by atoms with E-state index >= 15 is 0 Å². The molecule has 1 fully saturated rings. The zero-order chi connectivity index (χ0) is 16.1. The molecule has 0 radical (unpaired) electrons. The molecular weight excluding hydrogens is 292 g/mol. The average Bonchev–Trinajstić information content (AvgIpc) is 2.57. The molecule has 0 unspecified atom stereocenters. The SMILES string of the molecule is O=C(N[C@@H](CO)c1ccccc1)c1ccnc(OC2CCC2)c1. The minimum Gasteiger partial charge on any atom is -0.474 e. The van der Waals surface area contributed by atoms with E-state index in [4.69, 9.17) is 4.74 Å². The Bertz CT molecular complexity index is 656. The van der Waals surface area contributed by atoms with Crippen LogP contribution in [0, 0.1) is 0 Å². The molecule has 1 atom stereocenters.